The normalized spacial score (nSPS) is 11.4. The monoisotopic (exact) mass is 535 g/mol. The standard InChI is InChI=1S/C31H35Cl2N3O/c1-3-5-18-35(21-25-20-27(33)16-17-29(25)37)22-28-30(23-12-14-26(32)15-13-23)34-31(36(28)19-6-4-2)24-10-8-7-9-11-24/h7-17,20,37H,3-6,18-19,21-22H2,1-2H3. The van der Waals surface area contributed by atoms with E-state index in [9.17, 15) is 5.11 Å². The number of phenols is 1. The van der Waals surface area contributed by atoms with E-state index >= 15 is 0 Å². The van der Waals surface area contributed by atoms with E-state index in [1.165, 1.54) is 5.69 Å². The van der Waals surface area contributed by atoms with Gasteiger partial charge in [-0.2, -0.15) is 0 Å². The van der Waals surface area contributed by atoms with Crippen LogP contribution in [0.4, 0.5) is 0 Å². The van der Waals surface area contributed by atoms with Crippen LogP contribution in [0.5, 0.6) is 5.75 Å². The van der Waals surface area contributed by atoms with Gasteiger partial charge in [-0.15, -0.1) is 0 Å². The first kappa shape index (κ1) is 27.3. The van der Waals surface area contributed by atoms with Crippen LogP contribution < -0.4 is 0 Å². The van der Waals surface area contributed by atoms with Gasteiger partial charge in [-0.1, -0.05) is 92.4 Å². The van der Waals surface area contributed by atoms with Crippen LogP contribution in [-0.4, -0.2) is 26.1 Å². The smallest absolute Gasteiger partial charge is 0.140 e. The number of rotatable bonds is 12. The van der Waals surface area contributed by atoms with Gasteiger partial charge in [0.05, 0.1) is 11.4 Å². The number of aromatic hydroxyl groups is 1. The van der Waals surface area contributed by atoms with Gasteiger partial charge in [0, 0.05) is 46.4 Å². The minimum absolute atomic E-state index is 0.272. The number of imidazole rings is 1. The number of unbranched alkanes of at least 4 members (excludes halogenated alkanes) is 2. The van der Waals surface area contributed by atoms with Crippen LogP contribution in [0, 0.1) is 0 Å². The molecule has 1 N–H and O–H groups in total. The van der Waals surface area contributed by atoms with Crippen LogP contribution in [0.15, 0.2) is 72.8 Å². The molecule has 0 fully saturated rings. The molecule has 4 aromatic rings. The van der Waals surface area contributed by atoms with Crippen molar-refractivity contribution >= 4 is 23.2 Å². The molecule has 0 spiro atoms. The maximum atomic E-state index is 10.5. The Morgan fingerprint density at radius 2 is 1.51 bits per heavy atom. The number of phenolic OH excluding ortho intramolecular Hbond substituents is 1. The molecule has 6 heteroatoms. The number of hydrogen-bond acceptors (Lipinski definition) is 3. The molecular weight excluding hydrogens is 501 g/mol. The second-order valence-electron chi connectivity index (χ2n) is 9.45. The fourth-order valence-electron chi connectivity index (χ4n) is 4.58. The molecule has 0 bridgehead atoms. The molecule has 194 valence electrons. The predicted octanol–water partition coefficient (Wildman–Crippen LogP) is 8.83. The second-order valence-corrected chi connectivity index (χ2v) is 10.3. The summed E-state index contributed by atoms with van der Waals surface area (Å²) in [5.41, 5.74) is 5.13. The van der Waals surface area contributed by atoms with Gasteiger partial charge >= 0.3 is 0 Å². The van der Waals surface area contributed by atoms with E-state index in [1.54, 1.807) is 12.1 Å². The van der Waals surface area contributed by atoms with E-state index in [1.807, 2.05) is 36.4 Å². The van der Waals surface area contributed by atoms with Crippen molar-refractivity contribution in [3.8, 4) is 28.4 Å². The summed E-state index contributed by atoms with van der Waals surface area (Å²) in [5.74, 6) is 1.25. The number of hydrogen-bond donors (Lipinski definition) is 1. The Bertz CT molecular complexity index is 1290. The molecule has 0 aliphatic carbocycles. The number of aromatic nitrogens is 2. The van der Waals surface area contributed by atoms with Crippen LogP contribution in [0.25, 0.3) is 22.6 Å². The molecule has 0 radical (unpaired) electrons. The summed E-state index contributed by atoms with van der Waals surface area (Å²) < 4.78 is 2.39. The van der Waals surface area contributed by atoms with Gasteiger partial charge in [0.1, 0.15) is 11.6 Å². The van der Waals surface area contributed by atoms with E-state index < -0.39 is 0 Å². The molecule has 0 atom stereocenters. The van der Waals surface area contributed by atoms with Crippen molar-refractivity contribution < 1.29 is 5.11 Å². The highest BCUT2D eigenvalue weighted by molar-refractivity contribution is 6.30. The van der Waals surface area contributed by atoms with Crippen molar-refractivity contribution in [2.24, 2.45) is 0 Å². The average molecular weight is 537 g/mol. The fraction of sp³-hybridized carbons (Fsp3) is 0.323. The number of nitrogens with zero attached hydrogens (tertiary/aromatic N) is 3. The Labute approximate surface area is 230 Å². The van der Waals surface area contributed by atoms with E-state index in [0.29, 0.717) is 23.1 Å². The van der Waals surface area contributed by atoms with Crippen molar-refractivity contribution in [1.82, 2.24) is 14.5 Å². The Morgan fingerprint density at radius 1 is 0.811 bits per heavy atom. The molecule has 1 heterocycles. The number of halogens is 2. The molecule has 0 saturated heterocycles. The number of benzene rings is 3. The Hall–Kier alpha value is -2.79. The highest BCUT2D eigenvalue weighted by Crippen LogP contribution is 2.33. The minimum atomic E-state index is 0.272. The Balaban J connectivity index is 1.82. The fourth-order valence-corrected chi connectivity index (χ4v) is 4.90. The SMILES string of the molecule is CCCCN(Cc1cc(Cl)ccc1O)Cc1c(-c2ccc(Cl)cc2)nc(-c2ccccc2)n1CCCC. The van der Waals surface area contributed by atoms with Crippen LogP contribution in [-0.2, 0) is 19.6 Å². The zero-order valence-electron chi connectivity index (χ0n) is 21.6. The molecule has 0 unspecified atom stereocenters. The summed E-state index contributed by atoms with van der Waals surface area (Å²) in [6.07, 6.45) is 4.31. The third-order valence-electron chi connectivity index (χ3n) is 6.59. The van der Waals surface area contributed by atoms with Crippen molar-refractivity contribution in [2.45, 2.75) is 59.2 Å². The Morgan fingerprint density at radius 3 is 2.22 bits per heavy atom. The molecular formula is C31H35Cl2N3O. The highest BCUT2D eigenvalue weighted by atomic mass is 35.5. The van der Waals surface area contributed by atoms with Crippen LogP contribution in [0.2, 0.25) is 10.0 Å². The molecule has 4 nitrogen and oxygen atoms in total. The lowest BCUT2D eigenvalue weighted by Gasteiger charge is -2.24. The van der Waals surface area contributed by atoms with Gasteiger partial charge in [-0.05, 0) is 49.7 Å². The summed E-state index contributed by atoms with van der Waals surface area (Å²) >= 11 is 12.5. The lowest BCUT2D eigenvalue weighted by atomic mass is 10.1. The summed E-state index contributed by atoms with van der Waals surface area (Å²) in [7, 11) is 0. The lowest BCUT2D eigenvalue weighted by molar-refractivity contribution is 0.243. The second kappa shape index (κ2) is 13.1. The predicted molar refractivity (Wildman–Crippen MR) is 155 cm³/mol. The zero-order chi connectivity index (χ0) is 26.2. The summed E-state index contributed by atoms with van der Waals surface area (Å²) in [6, 6.07) is 23.6. The molecule has 3 aromatic carbocycles. The average Bonchev–Trinajstić information content (AvgIpc) is 3.26. The van der Waals surface area contributed by atoms with Crippen molar-refractivity contribution in [1.29, 1.82) is 0 Å². The highest BCUT2D eigenvalue weighted by Gasteiger charge is 2.22. The molecule has 0 aliphatic heterocycles. The quantitative estimate of drug-likeness (QED) is 0.197. The van der Waals surface area contributed by atoms with Crippen molar-refractivity contribution in [3.05, 3.63) is 94.1 Å². The topological polar surface area (TPSA) is 41.3 Å². The van der Waals surface area contributed by atoms with E-state index in [0.717, 1.165) is 67.0 Å². The maximum Gasteiger partial charge on any atom is 0.140 e. The van der Waals surface area contributed by atoms with Gasteiger partial charge in [-0.3, -0.25) is 4.90 Å². The van der Waals surface area contributed by atoms with Gasteiger partial charge < -0.3 is 9.67 Å². The summed E-state index contributed by atoms with van der Waals surface area (Å²) in [4.78, 5) is 7.62. The molecule has 4 rings (SSSR count). The lowest BCUT2D eigenvalue weighted by Crippen LogP contribution is -2.26. The zero-order valence-corrected chi connectivity index (χ0v) is 23.1. The third-order valence-corrected chi connectivity index (χ3v) is 7.08. The van der Waals surface area contributed by atoms with Gasteiger partial charge in [0.25, 0.3) is 0 Å². The van der Waals surface area contributed by atoms with Crippen LogP contribution in [0.3, 0.4) is 0 Å². The van der Waals surface area contributed by atoms with E-state index in [2.05, 4.69) is 47.6 Å². The van der Waals surface area contributed by atoms with Crippen molar-refractivity contribution in [2.75, 3.05) is 6.54 Å². The largest absolute Gasteiger partial charge is 0.508 e. The first-order valence-corrected chi connectivity index (χ1v) is 13.9. The Kier molecular flexibility index (Phi) is 9.68. The maximum absolute atomic E-state index is 10.5. The first-order chi connectivity index (χ1) is 18.0. The summed E-state index contributed by atoms with van der Waals surface area (Å²) in [6.45, 7) is 7.52. The van der Waals surface area contributed by atoms with E-state index in [-0.39, 0.29) is 5.75 Å². The minimum Gasteiger partial charge on any atom is -0.508 e. The van der Waals surface area contributed by atoms with E-state index in [4.69, 9.17) is 28.2 Å². The first-order valence-electron chi connectivity index (χ1n) is 13.1. The molecule has 37 heavy (non-hydrogen) atoms. The summed E-state index contributed by atoms with van der Waals surface area (Å²) in [5, 5.41) is 11.9. The molecule has 0 amide bonds. The molecule has 1 aromatic heterocycles. The van der Waals surface area contributed by atoms with Gasteiger partial charge in [0.15, 0.2) is 0 Å². The van der Waals surface area contributed by atoms with Crippen LogP contribution in [0.1, 0.15) is 50.8 Å². The van der Waals surface area contributed by atoms with Crippen LogP contribution >= 0.6 is 23.2 Å². The molecule has 0 aliphatic rings. The van der Waals surface area contributed by atoms with Gasteiger partial charge in [-0.25, -0.2) is 4.98 Å². The van der Waals surface area contributed by atoms with Crippen molar-refractivity contribution in [3.63, 3.8) is 0 Å². The molecule has 0 saturated carbocycles. The van der Waals surface area contributed by atoms with Gasteiger partial charge in [0.2, 0.25) is 0 Å². The third kappa shape index (κ3) is 6.95.